The Morgan fingerprint density at radius 2 is 1.92 bits per heavy atom. The van der Waals surface area contributed by atoms with Gasteiger partial charge in [-0.15, -0.1) is 11.6 Å². The molecule has 0 aliphatic carbocycles. The molecule has 0 saturated carbocycles. The topological polar surface area (TPSA) is 0 Å². The van der Waals surface area contributed by atoms with Crippen molar-refractivity contribution in [2.24, 2.45) is 0 Å². The Labute approximate surface area is 94.4 Å². The Kier molecular flexibility index (Phi) is 3.61. The van der Waals surface area contributed by atoms with Crippen molar-refractivity contribution in [1.29, 1.82) is 0 Å². The summed E-state index contributed by atoms with van der Waals surface area (Å²) in [5.41, 5.74) is 2.08. The van der Waals surface area contributed by atoms with Gasteiger partial charge in [0.1, 0.15) is 0 Å². The van der Waals surface area contributed by atoms with Crippen molar-refractivity contribution in [1.82, 2.24) is 0 Å². The van der Waals surface area contributed by atoms with E-state index in [1.807, 2.05) is 0 Å². The second kappa shape index (κ2) is 4.16. The predicted octanol–water partition coefficient (Wildman–Crippen LogP) is 3.45. The molecule has 0 atom stereocenters. The molecule has 0 heterocycles. The fourth-order valence-corrected chi connectivity index (χ4v) is 3.81. The molecule has 0 fully saturated rings. The maximum atomic E-state index is 5.98. The molecule has 1 rings (SSSR count). The highest BCUT2D eigenvalue weighted by Crippen LogP contribution is 2.14. The highest BCUT2D eigenvalue weighted by atomic mass is 79.9. The Balaban J connectivity index is 3.15. The van der Waals surface area contributed by atoms with Gasteiger partial charge in [-0.3, -0.25) is 0 Å². The third kappa shape index (κ3) is 2.83. The van der Waals surface area contributed by atoms with Gasteiger partial charge in [-0.2, -0.15) is 0 Å². The SMILES string of the molecule is Cc1cc(Br)cc([Si](C)(C)CCl)c1. The molecule has 1 aromatic carbocycles. The normalized spacial score (nSPS) is 11.8. The number of aryl methyl sites for hydroxylation is 1. The summed E-state index contributed by atoms with van der Waals surface area (Å²) in [6.07, 6.45) is 0. The highest BCUT2D eigenvalue weighted by Gasteiger charge is 2.22. The summed E-state index contributed by atoms with van der Waals surface area (Å²) in [4.78, 5) is 0. The molecule has 0 aliphatic rings. The Hall–Kier alpha value is 0.207. The lowest BCUT2D eigenvalue weighted by atomic mass is 10.2. The smallest absolute Gasteiger partial charge is 0.0959 e. The molecule has 0 spiro atoms. The first-order chi connectivity index (χ1) is 5.95. The average Bonchev–Trinajstić information content (AvgIpc) is 2.02. The van der Waals surface area contributed by atoms with Crippen molar-refractivity contribution >= 4 is 40.8 Å². The zero-order valence-corrected chi connectivity index (χ0v) is 11.5. The van der Waals surface area contributed by atoms with E-state index in [9.17, 15) is 0 Å². The Morgan fingerprint density at radius 1 is 1.31 bits per heavy atom. The standard InChI is InChI=1S/C10H14BrClSi/c1-8-4-9(11)6-10(5-8)13(2,3)7-12/h4-6H,7H2,1-3H3. The summed E-state index contributed by atoms with van der Waals surface area (Å²) in [5, 5.41) is 1.43. The van der Waals surface area contributed by atoms with Gasteiger partial charge in [-0.1, -0.05) is 45.8 Å². The van der Waals surface area contributed by atoms with Gasteiger partial charge in [0.15, 0.2) is 0 Å². The molecule has 0 unspecified atom stereocenters. The fourth-order valence-electron chi connectivity index (χ4n) is 1.20. The minimum atomic E-state index is -1.38. The molecule has 1 aromatic rings. The summed E-state index contributed by atoms with van der Waals surface area (Å²) in [6.45, 7) is 6.70. The Morgan fingerprint density at radius 3 is 2.38 bits per heavy atom. The lowest BCUT2D eigenvalue weighted by molar-refractivity contribution is 1.46. The van der Waals surface area contributed by atoms with E-state index in [4.69, 9.17) is 11.6 Å². The van der Waals surface area contributed by atoms with Crippen LogP contribution in [0.5, 0.6) is 0 Å². The molecule has 0 aromatic heterocycles. The maximum absolute atomic E-state index is 5.98. The molecule has 0 bridgehead atoms. The van der Waals surface area contributed by atoms with Crippen LogP contribution in [0.3, 0.4) is 0 Å². The number of hydrogen-bond acceptors (Lipinski definition) is 0. The molecule has 0 saturated heterocycles. The quantitative estimate of drug-likeness (QED) is 0.574. The Bertz CT molecular complexity index is 290. The van der Waals surface area contributed by atoms with Crippen molar-refractivity contribution < 1.29 is 0 Å². The van der Waals surface area contributed by atoms with Gasteiger partial charge in [0.25, 0.3) is 0 Å². The van der Waals surface area contributed by atoms with Crippen LogP contribution < -0.4 is 5.19 Å². The third-order valence-electron chi connectivity index (χ3n) is 2.16. The van der Waals surface area contributed by atoms with E-state index in [0.29, 0.717) is 0 Å². The van der Waals surface area contributed by atoms with E-state index in [2.05, 4.69) is 54.1 Å². The first-order valence-corrected chi connectivity index (χ1v) is 8.83. The van der Waals surface area contributed by atoms with E-state index >= 15 is 0 Å². The summed E-state index contributed by atoms with van der Waals surface area (Å²) >= 11 is 9.49. The molecule has 13 heavy (non-hydrogen) atoms. The summed E-state index contributed by atoms with van der Waals surface area (Å²) < 4.78 is 1.16. The van der Waals surface area contributed by atoms with Crippen LogP contribution in [-0.2, 0) is 0 Å². The monoisotopic (exact) mass is 276 g/mol. The summed E-state index contributed by atoms with van der Waals surface area (Å²) in [5.74, 6) is 0. The van der Waals surface area contributed by atoms with Crippen LogP contribution in [0.15, 0.2) is 22.7 Å². The van der Waals surface area contributed by atoms with E-state index in [0.717, 1.165) is 9.98 Å². The van der Waals surface area contributed by atoms with Gasteiger partial charge in [0.05, 0.1) is 8.07 Å². The minimum absolute atomic E-state index is 0.781. The second-order valence-electron chi connectivity index (χ2n) is 4.03. The van der Waals surface area contributed by atoms with E-state index in [1.165, 1.54) is 10.8 Å². The van der Waals surface area contributed by atoms with Gasteiger partial charge < -0.3 is 0 Å². The number of rotatable bonds is 2. The zero-order chi connectivity index (χ0) is 10.1. The molecule has 0 N–H and O–H groups in total. The van der Waals surface area contributed by atoms with Crippen molar-refractivity contribution in [3.05, 3.63) is 28.2 Å². The van der Waals surface area contributed by atoms with Crippen LogP contribution in [0.1, 0.15) is 5.56 Å². The number of halogens is 2. The number of benzene rings is 1. The summed E-state index contributed by atoms with van der Waals surface area (Å²) in [6, 6.07) is 6.57. The highest BCUT2D eigenvalue weighted by molar-refractivity contribution is 9.10. The van der Waals surface area contributed by atoms with Crippen LogP contribution >= 0.6 is 27.5 Å². The molecule has 0 amide bonds. The fraction of sp³-hybridized carbons (Fsp3) is 0.400. The minimum Gasteiger partial charge on any atom is -0.130 e. The van der Waals surface area contributed by atoms with Crippen LogP contribution in [0.2, 0.25) is 13.1 Å². The maximum Gasteiger partial charge on any atom is 0.0959 e. The predicted molar refractivity (Wildman–Crippen MR) is 66.7 cm³/mol. The molecule has 0 nitrogen and oxygen atoms in total. The number of alkyl halides is 1. The molecular formula is C10H14BrClSi. The lowest BCUT2D eigenvalue weighted by Crippen LogP contribution is -2.43. The lowest BCUT2D eigenvalue weighted by Gasteiger charge is -2.20. The van der Waals surface area contributed by atoms with Crippen molar-refractivity contribution in [2.45, 2.75) is 20.0 Å². The van der Waals surface area contributed by atoms with Crippen LogP contribution in [0.25, 0.3) is 0 Å². The van der Waals surface area contributed by atoms with Gasteiger partial charge in [-0.05, 0) is 19.1 Å². The van der Waals surface area contributed by atoms with Crippen molar-refractivity contribution in [3.63, 3.8) is 0 Å². The van der Waals surface area contributed by atoms with Crippen molar-refractivity contribution in [2.75, 3.05) is 5.50 Å². The van der Waals surface area contributed by atoms with Gasteiger partial charge >= 0.3 is 0 Å². The van der Waals surface area contributed by atoms with Gasteiger partial charge in [-0.25, -0.2) is 0 Å². The average molecular weight is 278 g/mol. The molecule has 72 valence electrons. The zero-order valence-electron chi connectivity index (χ0n) is 8.20. The largest absolute Gasteiger partial charge is 0.130 e. The van der Waals surface area contributed by atoms with E-state index in [1.54, 1.807) is 0 Å². The first kappa shape index (κ1) is 11.3. The van der Waals surface area contributed by atoms with Crippen LogP contribution in [0, 0.1) is 6.92 Å². The van der Waals surface area contributed by atoms with Gasteiger partial charge in [0, 0.05) is 9.98 Å². The van der Waals surface area contributed by atoms with Crippen LogP contribution in [-0.4, -0.2) is 13.6 Å². The molecule has 0 aliphatic heterocycles. The van der Waals surface area contributed by atoms with Gasteiger partial charge in [0.2, 0.25) is 0 Å². The molecular weight excluding hydrogens is 264 g/mol. The van der Waals surface area contributed by atoms with E-state index < -0.39 is 8.07 Å². The summed E-state index contributed by atoms with van der Waals surface area (Å²) in [7, 11) is -1.38. The second-order valence-corrected chi connectivity index (χ2v) is 10.4. The first-order valence-electron chi connectivity index (χ1n) is 4.29. The van der Waals surface area contributed by atoms with Crippen molar-refractivity contribution in [3.8, 4) is 0 Å². The number of hydrogen-bond donors (Lipinski definition) is 0. The molecule has 0 radical (unpaired) electrons. The van der Waals surface area contributed by atoms with E-state index in [-0.39, 0.29) is 0 Å². The molecule has 3 heteroatoms. The third-order valence-corrected chi connectivity index (χ3v) is 7.14. The van der Waals surface area contributed by atoms with Crippen LogP contribution in [0.4, 0.5) is 0 Å².